The number of nitrogens with one attached hydrogen (secondary N) is 1. The van der Waals surface area contributed by atoms with Gasteiger partial charge in [0.15, 0.2) is 0 Å². The predicted octanol–water partition coefficient (Wildman–Crippen LogP) is 2.12. The third-order valence-electron chi connectivity index (χ3n) is 2.84. The number of nitriles is 1. The molecule has 0 atom stereocenters. The Morgan fingerprint density at radius 1 is 1.59 bits per heavy atom. The van der Waals surface area contributed by atoms with E-state index in [0.29, 0.717) is 29.3 Å². The summed E-state index contributed by atoms with van der Waals surface area (Å²) in [5.74, 6) is 0.132. The van der Waals surface area contributed by atoms with Crippen LogP contribution in [-0.2, 0) is 0 Å². The van der Waals surface area contributed by atoms with Gasteiger partial charge in [0.2, 0.25) is 0 Å². The van der Waals surface area contributed by atoms with Crippen LogP contribution in [0.25, 0.3) is 0 Å². The summed E-state index contributed by atoms with van der Waals surface area (Å²) in [5, 5.41) is 20.2. The minimum atomic E-state index is -1.02. The molecular formula is C11H10ClN3O2. The van der Waals surface area contributed by atoms with Gasteiger partial charge in [-0.15, -0.1) is 0 Å². The highest BCUT2D eigenvalue weighted by Gasteiger charge is 2.33. The topological polar surface area (TPSA) is 86.0 Å². The van der Waals surface area contributed by atoms with Crippen LogP contribution in [0.5, 0.6) is 0 Å². The standard InChI is InChI=1S/C11H10ClN3O2/c12-9-2-1-7(5-13)14-10(9)6-3-8(4-6)15-11(16)17/h1-2,6,8,15H,3-4H2,(H,16,17). The van der Waals surface area contributed by atoms with E-state index in [1.807, 2.05) is 6.07 Å². The molecule has 0 bridgehead atoms. The molecule has 1 aliphatic carbocycles. The Labute approximate surface area is 103 Å². The zero-order valence-electron chi connectivity index (χ0n) is 8.85. The lowest BCUT2D eigenvalue weighted by atomic mass is 9.78. The second kappa shape index (κ2) is 4.60. The molecule has 0 aromatic carbocycles. The highest BCUT2D eigenvalue weighted by Crippen LogP contribution is 2.38. The highest BCUT2D eigenvalue weighted by atomic mass is 35.5. The largest absolute Gasteiger partial charge is 0.465 e. The molecule has 1 heterocycles. The number of pyridine rings is 1. The lowest BCUT2D eigenvalue weighted by Crippen LogP contribution is -2.43. The minimum Gasteiger partial charge on any atom is -0.465 e. The van der Waals surface area contributed by atoms with Gasteiger partial charge < -0.3 is 10.4 Å². The van der Waals surface area contributed by atoms with Crippen molar-refractivity contribution in [3.63, 3.8) is 0 Å². The average Bonchev–Trinajstić information content (AvgIpc) is 2.24. The van der Waals surface area contributed by atoms with E-state index in [4.69, 9.17) is 22.0 Å². The first-order valence-corrected chi connectivity index (χ1v) is 5.54. The van der Waals surface area contributed by atoms with Crippen molar-refractivity contribution in [3.05, 3.63) is 28.5 Å². The molecule has 0 saturated heterocycles. The van der Waals surface area contributed by atoms with Gasteiger partial charge in [-0.1, -0.05) is 11.6 Å². The summed E-state index contributed by atoms with van der Waals surface area (Å²) < 4.78 is 0. The molecule has 1 aromatic rings. The first kappa shape index (κ1) is 11.7. The number of aromatic nitrogens is 1. The van der Waals surface area contributed by atoms with Crippen LogP contribution in [0.1, 0.15) is 30.1 Å². The van der Waals surface area contributed by atoms with Crippen LogP contribution < -0.4 is 5.32 Å². The summed E-state index contributed by atoms with van der Waals surface area (Å²) in [6, 6.07) is 5.14. The molecule has 1 aliphatic rings. The van der Waals surface area contributed by atoms with Crippen molar-refractivity contribution in [1.82, 2.24) is 10.3 Å². The van der Waals surface area contributed by atoms with Crippen LogP contribution in [0, 0.1) is 11.3 Å². The highest BCUT2D eigenvalue weighted by molar-refractivity contribution is 6.31. The molecule has 1 aromatic heterocycles. The van der Waals surface area contributed by atoms with Gasteiger partial charge in [-0.25, -0.2) is 9.78 Å². The second-order valence-electron chi connectivity index (χ2n) is 3.99. The number of hydrogen-bond acceptors (Lipinski definition) is 3. The van der Waals surface area contributed by atoms with E-state index in [-0.39, 0.29) is 12.0 Å². The van der Waals surface area contributed by atoms with Gasteiger partial charge in [-0.05, 0) is 25.0 Å². The summed E-state index contributed by atoms with van der Waals surface area (Å²) in [7, 11) is 0. The monoisotopic (exact) mass is 251 g/mol. The summed E-state index contributed by atoms with van der Waals surface area (Å²) in [6.45, 7) is 0. The molecule has 0 aliphatic heterocycles. The number of nitrogens with zero attached hydrogens (tertiary/aromatic N) is 2. The SMILES string of the molecule is N#Cc1ccc(Cl)c(C2CC(NC(=O)O)C2)n1. The smallest absolute Gasteiger partial charge is 0.404 e. The average molecular weight is 252 g/mol. The van der Waals surface area contributed by atoms with Gasteiger partial charge >= 0.3 is 6.09 Å². The Bertz CT molecular complexity index is 492. The first-order valence-electron chi connectivity index (χ1n) is 5.16. The van der Waals surface area contributed by atoms with Crippen LogP contribution >= 0.6 is 11.6 Å². The molecule has 0 spiro atoms. The van der Waals surface area contributed by atoms with E-state index in [0.717, 1.165) is 0 Å². The molecule has 1 amide bonds. The summed E-state index contributed by atoms with van der Waals surface area (Å²) >= 11 is 6.01. The lowest BCUT2D eigenvalue weighted by molar-refractivity contribution is 0.177. The van der Waals surface area contributed by atoms with Crippen molar-refractivity contribution >= 4 is 17.7 Å². The van der Waals surface area contributed by atoms with Gasteiger partial charge in [0.1, 0.15) is 11.8 Å². The molecule has 5 nitrogen and oxygen atoms in total. The molecule has 1 saturated carbocycles. The fourth-order valence-electron chi connectivity index (χ4n) is 1.94. The van der Waals surface area contributed by atoms with Crippen LogP contribution in [0.15, 0.2) is 12.1 Å². The van der Waals surface area contributed by atoms with Gasteiger partial charge in [0.05, 0.1) is 10.7 Å². The predicted molar refractivity (Wildman–Crippen MR) is 60.9 cm³/mol. The number of amides is 1. The van der Waals surface area contributed by atoms with Gasteiger partial charge in [-0.3, -0.25) is 0 Å². The Morgan fingerprint density at radius 3 is 2.88 bits per heavy atom. The third-order valence-corrected chi connectivity index (χ3v) is 3.16. The molecule has 2 N–H and O–H groups in total. The minimum absolute atomic E-state index is 0.0406. The number of hydrogen-bond donors (Lipinski definition) is 2. The fourth-order valence-corrected chi connectivity index (χ4v) is 2.20. The summed E-state index contributed by atoms with van der Waals surface area (Å²) in [6.07, 6.45) is 0.334. The van der Waals surface area contributed by atoms with Crippen molar-refractivity contribution in [1.29, 1.82) is 5.26 Å². The maximum absolute atomic E-state index is 10.4. The first-order chi connectivity index (χ1) is 8.10. The van der Waals surface area contributed by atoms with E-state index in [1.165, 1.54) is 0 Å². The van der Waals surface area contributed by atoms with E-state index in [2.05, 4.69) is 10.3 Å². The second-order valence-corrected chi connectivity index (χ2v) is 4.40. The van der Waals surface area contributed by atoms with Crippen LogP contribution in [-0.4, -0.2) is 22.2 Å². The van der Waals surface area contributed by atoms with Crippen LogP contribution in [0.4, 0.5) is 4.79 Å². The number of carboxylic acid groups (broad SMARTS) is 1. The molecular weight excluding hydrogens is 242 g/mol. The van der Waals surface area contributed by atoms with Gasteiger partial charge in [0.25, 0.3) is 0 Å². The van der Waals surface area contributed by atoms with E-state index in [9.17, 15) is 4.79 Å². The zero-order chi connectivity index (χ0) is 12.4. The molecule has 1 fully saturated rings. The Balaban J connectivity index is 2.06. The molecule has 0 unspecified atom stereocenters. The summed E-state index contributed by atoms with van der Waals surface area (Å²) in [5.41, 5.74) is 1.02. The molecule has 2 rings (SSSR count). The quantitative estimate of drug-likeness (QED) is 0.843. The number of halogens is 1. The molecule has 17 heavy (non-hydrogen) atoms. The van der Waals surface area contributed by atoms with Crippen molar-refractivity contribution < 1.29 is 9.90 Å². The maximum atomic E-state index is 10.4. The molecule has 88 valence electrons. The number of carbonyl (C=O) groups is 1. The van der Waals surface area contributed by atoms with Crippen LogP contribution in [0.2, 0.25) is 5.02 Å². The van der Waals surface area contributed by atoms with Gasteiger partial charge in [-0.2, -0.15) is 5.26 Å². The number of rotatable bonds is 2. The van der Waals surface area contributed by atoms with Crippen molar-refractivity contribution in [3.8, 4) is 6.07 Å². The third kappa shape index (κ3) is 2.48. The Morgan fingerprint density at radius 2 is 2.29 bits per heavy atom. The van der Waals surface area contributed by atoms with Crippen LogP contribution in [0.3, 0.4) is 0 Å². The lowest BCUT2D eigenvalue weighted by Gasteiger charge is -2.34. The maximum Gasteiger partial charge on any atom is 0.404 e. The van der Waals surface area contributed by atoms with Crippen molar-refractivity contribution in [2.75, 3.05) is 0 Å². The summed E-state index contributed by atoms with van der Waals surface area (Å²) in [4.78, 5) is 14.6. The van der Waals surface area contributed by atoms with Gasteiger partial charge in [0, 0.05) is 12.0 Å². The van der Waals surface area contributed by atoms with Crippen molar-refractivity contribution in [2.45, 2.75) is 24.8 Å². The van der Waals surface area contributed by atoms with E-state index < -0.39 is 6.09 Å². The Kier molecular flexibility index (Phi) is 3.16. The Hall–Kier alpha value is -1.80. The fraction of sp³-hybridized carbons (Fsp3) is 0.364. The molecule has 6 heteroatoms. The van der Waals surface area contributed by atoms with Crippen molar-refractivity contribution in [2.24, 2.45) is 0 Å². The zero-order valence-corrected chi connectivity index (χ0v) is 9.61. The molecule has 0 radical (unpaired) electrons. The normalized spacial score (nSPS) is 22.4. The van der Waals surface area contributed by atoms with E-state index >= 15 is 0 Å². The van der Waals surface area contributed by atoms with E-state index in [1.54, 1.807) is 12.1 Å².